The van der Waals surface area contributed by atoms with E-state index in [1.54, 1.807) is 12.1 Å². The monoisotopic (exact) mass is 541 g/mol. The van der Waals surface area contributed by atoms with Gasteiger partial charge < -0.3 is 15.0 Å². The van der Waals surface area contributed by atoms with Crippen LogP contribution < -0.4 is 5.32 Å². The molecule has 2 aliphatic rings. The molecule has 0 spiro atoms. The summed E-state index contributed by atoms with van der Waals surface area (Å²) in [6.07, 6.45) is 14.0. The van der Waals surface area contributed by atoms with E-state index < -0.39 is 0 Å². The highest BCUT2D eigenvalue weighted by Gasteiger charge is 2.24. The van der Waals surface area contributed by atoms with Gasteiger partial charge in [0.2, 0.25) is 0 Å². The van der Waals surface area contributed by atoms with E-state index >= 15 is 4.39 Å². The van der Waals surface area contributed by atoms with Crippen LogP contribution in [-0.4, -0.2) is 42.9 Å². The fourth-order valence-corrected chi connectivity index (χ4v) is 5.92. The largest absolute Gasteiger partial charge is 0.381 e. The van der Waals surface area contributed by atoms with Crippen LogP contribution in [0.1, 0.15) is 73.5 Å². The van der Waals surface area contributed by atoms with Gasteiger partial charge in [-0.15, -0.1) is 6.58 Å². The molecule has 1 saturated heterocycles. The number of nitrogens with one attached hydrogen (secondary N) is 2. The van der Waals surface area contributed by atoms with Crippen LogP contribution in [0.3, 0.4) is 0 Å². The predicted octanol–water partition coefficient (Wildman–Crippen LogP) is 7.67. The third-order valence-electron chi connectivity index (χ3n) is 8.17. The van der Waals surface area contributed by atoms with Gasteiger partial charge in [-0.25, -0.2) is 4.39 Å². The molecule has 5 rings (SSSR count). The molecule has 3 heterocycles. The van der Waals surface area contributed by atoms with Crippen molar-refractivity contribution in [1.29, 1.82) is 0 Å². The number of fused-ring (bicyclic) bond motifs is 1. The van der Waals surface area contributed by atoms with Crippen LogP contribution in [0.5, 0.6) is 0 Å². The number of halogens is 1. The first kappa shape index (κ1) is 28.0. The summed E-state index contributed by atoms with van der Waals surface area (Å²) in [5, 5.41) is 3.92. The number of aliphatic imine (C=N–C) groups is 1. The summed E-state index contributed by atoms with van der Waals surface area (Å²) in [4.78, 5) is 21.2. The van der Waals surface area contributed by atoms with Crippen molar-refractivity contribution in [3.05, 3.63) is 77.8 Å². The second kappa shape index (κ2) is 13.2. The van der Waals surface area contributed by atoms with Gasteiger partial charge in [0.05, 0.1) is 11.7 Å². The molecule has 40 heavy (non-hydrogen) atoms. The maximum absolute atomic E-state index is 15.6. The van der Waals surface area contributed by atoms with Crippen LogP contribution >= 0.6 is 0 Å². The van der Waals surface area contributed by atoms with Crippen LogP contribution in [-0.2, 0) is 11.2 Å². The molecule has 2 aliphatic heterocycles. The lowest BCUT2D eigenvalue weighted by atomic mass is 9.92. The number of aromatic amines is 1. The van der Waals surface area contributed by atoms with E-state index in [1.165, 1.54) is 25.7 Å². The Morgan fingerprint density at radius 1 is 1.18 bits per heavy atom. The Morgan fingerprint density at radius 3 is 2.80 bits per heavy atom. The lowest BCUT2D eigenvalue weighted by molar-refractivity contribution is 0.0631. The van der Waals surface area contributed by atoms with Crippen LogP contribution in [0.2, 0.25) is 0 Å². The van der Waals surface area contributed by atoms with Crippen molar-refractivity contribution in [3.8, 4) is 11.1 Å². The number of dihydropyridines is 1. The van der Waals surface area contributed by atoms with Gasteiger partial charge in [-0.2, -0.15) is 0 Å². The smallest absolute Gasteiger partial charge is 0.251 e. The van der Waals surface area contributed by atoms with E-state index in [9.17, 15) is 4.79 Å². The minimum absolute atomic E-state index is 0.0436. The second-order valence-electron chi connectivity index (χ2n) is 11.0. The Bertz CT molecular complexity index is 1410. The lowest BCUT2D eigenvalue weighted by Crippen LogP contribution is -2.24. The number of unbranched alkanes of at least 4 members (excludes halogenated alkanes) is 2. The molecule has 6 heteroatoms. The normalized spacial score (nSPS) is 17.6. The SMILES string of the molecule is C=CCc1ccc(-c2c(C3=CCC=NC3C)[nH]c3ccc(C(=O)NCCCCCC4CCOCC4)cc23)c(F)c1. The van der Waals surface area contributed by atoms with Crippen molar-refractivity contribution in [3.63, 3.8) is 0 Å². The number of carbonyl (C=O) groups excluding carboxylic acids is 1. The summed E-state index contributed by atoms with van der Waals surface area (Å²) < 4.78 is 21.0. The zero-order valence-electron chi connectivity index (χ0n) is 23.5. The molecule has 0 saturated carbocycles. The molecule has 0 radical (unpaired) electrons. The van der Waals surface area contributed by atoms with Gasteiger partial charge in [0.25, 0.3) is 5.91 Å². The fourth-order valence-electron chi connectivity index (χ4n) is 5.92. The molecule has 1 aromatic heterocycles. The van der Waals surface area contributed by atoms with Crippen LogP contribution in [0.25, 0.3) is 27.6 Å². The topological polar surface area (TPSA) is 66.5 Å². The Balaban J connectivity index is 1.35. The Kier molecular flexibility index (Phi) is 9.27. The van der Waals surface area contributed by atoms with Gasteiger partial charge >= 0.3 is 0 Å². The molecule has 2 aromatic carbocycles. The average Bonchev–Trinajstić information content (AvgIpc) is 3.34. The molecule has 1 fully saturated rings. The highest BCUT2D eigenvalue weighted by molar-refractivity contribution is 6.06. The number of nitrogens with zero attached hydrogens (tertiary/aromatic N) is 1. The van der Waals surface area contributed by atoms with Crippen molar-refractivity contribution in [1.82, 2.24) is 10.3 Å². The number of H-pyrrole nitrogens is 1. The minimum atomic E-state index is -0.287. The Labute approximate surface area is 236 Å². The van der Waals surface area contributed by atoms with E-state index in [0.717, 1.165) is 71.7 Å². The van der Waals surface area contributed by atoms with Gasteiger partial charge in [-0.3, -0.25) is 9.79 Å². The van der Waals surface area contributed by atoms with Gasteiger partial charge in [-0.1, -0.05) is 43.5 Å². The van der Waals surface area contributed by atoms with E-state index in [2.05, 4.69) is 27.9 Å². The highest BCUT2D eigenvalue weighted by Crippen LogP contribution is 2.40. The van der Waals surface area contributed by atoms with Crippen molar-refractivity contribution < 1.29 is 13.9 Å². The molecule has 1 amide bonds. The molecular weight excluding hydrogens is 501 g/mol. The standard InChI is InChI=1S/C34H40FN3O2/c1-3-8-25-11-13-28(30(35)21-25)32-29-22-26(12-14-31(29)38-33(32)27-10-7-18-36-23(27)2)34(39)37-17-6-4-5-9-24-15-19-40-20-16-24/h3,10-14,18,21-24,38H,1,4-9,15-17,19-20H2,2H3,(H,37,39). The molecule has 1 unspecified atom stereocenters. The first-order chi connectivity index (χ1) is 19.5. The quantitative estimate of drug-likeness (QED) is 0.193. The summed E-state index contributed by atoms with van der Waals surface area (Å²) in [5.74, 6) is 0.402. The maximum atomic E-state index is 15.6. The second-order valence-corrected chi connectivity index (χ2v) is 11.0. The molecule has 210 valence electrons. The van der Waals surface area contributed by atoms with E-state index in [4.69, 9.17) is 4.74 Å². The van der Waals surface area contributed by atoms with Gasteiger partial charge in [-0.05, 0) is 73.9 Å². The number of aromatic nitrogens is 1. The van der Waals surface area contributed by atoms with Gasteiger partial charge in [0.1, 0.15) is 5.82 Å². The van der Waals surface area contributed by atoms with Gasteiger partial charge in [0, 0.05) is 60.0 Å². The fraction of sp³-hybridized carbons (Fsp3) is 0.412. The Morgan fingerprint density at radius 2 is 2.02 bits per heavy atom. The zero-order chi connectivity index (χ0) is 27.9. The zero-order valence-corrected chi connectivity index (χ0v) is 23.5. The minimum Gasteiger partial charge on any atom is -0.381 e. The number of benzene rings is 2. The van der Waals surface area contributed by atoms with Crippen LogP contribution in [0.15, 0.2) is 60.1 Å². The third kappa shape index (κ3) is 6.44. The van der Waals surface area contributed by atoms with Crippen molar-refractivity contribution in [2.24, 2.45) is 10.9 Å². The summed E-state index contributed by atoms with van der Waals surface area (Å²) in [5.41, 5.74) is 5.50. The summed E-state index contributed by atoms with van der Waals surface area (Å²) in [7, 11) is 0. The summed E-state index contributed by atoms with van der Waals surface area (Å²) in [6.45, 7) is 8.26. The predicted molar refractivity (Wildman–Crippen MR) is 162 cm³/mol. The third-order valence-corrected chi connectivity index (χ3v) is 8.17. The van der Waals surface area contributed by atoms with Crippen LogP contribution in [0.4, 0.5) is 4.39 Å². The number of amides is 1. The van der Waals surface area contributed by atoms with E-state index in [-0.39, 0.29) is 17.8 Å². The number of ether oxygens (including phenoxy) is 1. The molecule has 0 bridgehead atoms. The number of carbonyl (C=O) groups is 1. The number of rotatable bonds is 11. The number of hydrogen-bond acceptors (Lipinski definition) is 3. The summed E-state index contributed by atoms with van der Waals surface area (Å²) in [6, 6.07) is 11.0. The Hall–Kier alpha value is -3.51. The van der Waals surface area contributed by atoms with E-state index in [1.807, 2.05) is 43.5 Å². The summed E-state index contributed by atoms with van der Waals surface area (Å²) >= 11 is 0. The molecule has 0 aliphatic carbocycles. The first-order valence-corrected chi connectivity index (χ1v) is 14.7. The van der Waals surface area contributed by atoms with Crippen LogP contribution in [0, 0.1) is 11.7 Å². The van der Waals surface area contributed by atoms with Crippen molar-refractivity contribution >= 4 is 28.6 Å². The molecule has 1 atom stereocenters. The lowest BCUT2D eigenvalue weighted by Gasteiger charge is -2.21. The molecule has 3 aromatic rings. The molecular formula is C34H40FN3O2. The van der Waals surface area contributed by atoms with Gasteiger partial charge in [0.15, 0.2) is 0 Å². The van der Waals surface area contributed by atoms with Crippen molar-refractivity contribution in [2.75, 3.05) is 19.8 Å². The number of allylic oxidation sites excluding steroid dienone is 2. The van der Waals surface area contributed by atoms with E-state index in [0.29, 0.717) is 24.1 Å². The number of hydrogen-bond donors (Lipinski definition) is 2. The first-order valence-electron chi connectivity index (χ1n) is 14.7. The highest BCUT2D eigenvalue weighted by atomic mass is 19.1. The molecule has 2 N–H and O–H groups in total. The average molecular weight is 542 g/mol. The maximum Gasteiger partial charge on any atom is 0.251 e. The molecule has 5 nitrogen and oxygen atoms in total. The van der Waals surface area contributed by atoms with Crippen molar-refractivity contribution in [2.45, 2.75) is 64.3 Å².